The van der Waals surface area contributed by atoms with Crippen molar-refractivity contribution in [3.05, 3.63) is 24.4 Å². The lowest BCUT2D eigenvalue weighted by Gasteiger charge is -2.26. The smallest absolute Gasteiger partial charge is 0.242 e. The van der Waals surface area contributed by atoms with Crippen molar-refractivity contribution in [2.24, 2.45) is 5.92 Å². The van der Waals surface area contributed by atoms with Crippen molar-refractivity contribution in [2.75, 3.05) is 5.73 Å². The molecule has 0 amide bonds. The molecule has 0 aliphatic heterocycles. The first kappa shape index (κ1) is 14.4. The summed E-state index contributed by atoms with van der Waals surface area (Å²) in [7, 11) is -3.50. The molecule has 0 atom stereocenters. The standard InChI is InChI=1S/C15H21N3O2S/c1-10-2-5-12(6-3-10)18-21(19,20)15-9-17-14-8-11(16)4-7-13(14)15/h4,7-10,12,17-18H,2-3,5-6,16H2,1H3. The number of nitrogen functional groups attached to an aromatic ring is 1. The number of aromatic nitrogens is 1. The number of benzene rings is 1. The molecule has 1 aromatic carbocycles. The Morgan fingerprint density at radius 3 is 2.67 bits per heavy atom. The van der Waals surface area contributed by atoms with E-state index in [0.717, 1.165) is 31.2 Å². The molecule has 0 bridgehead atoms. The lowest BCUT2D eigenvalue weighted by molar-refractivity contribution is 0.332. The number of nitrogens with two attached hydrogens (primary N) is 1. The van der Waals surface area contributed by atoms with Crippen molar-refractivity contribution < 1.29 is 8.42 Å². The van der Waals surface area contributed by atoms with E-state index in [4.69, 9.17) is 5.73 Å². The topological polar surface area (TPSA) is 88.0 Å². The predicted molar refractivity (Wildman–Crippen MR) is 84.5 cm³/mol. The van der Waals surface area contributed by atoms with Gasteiger partial charge in [0.15, 0.2) is 0 Å². The van der Waals surface area contributed by atoms with Crippen LogP contribution in [0.5, 0.6) is 0 Å². The molecule has 114 valence electrons. The van der Waals surface area contributed by atoms with Gasteiger partial charge in [-0.2, -0.15) is 0 Å². The van der Waals surface area contributed by atoms with E-state index in [1.54, 1.807) is 18.2 Å². The van der Waals surface area contributed by atoms with Gasteiger partial charge in [-0.1, -0.05) is 6.92 Å². The lowest BCUT2D eigenvalue weighted by Crippen LogP contribution is -2.37. The van der Waals surface area contributed by atoms with Crippen molar-refractivity contribution in [2.45, 2.75) is 43.5 Å². The van der Waals surface area contributed by atoms with E-state index in [1.165, 1.54) is 6.20 Å². The third-order valence-electron chi connectivity index (χ3n) is 4.30. The third-order valence-corrected chi connectivity index (χ3v) is 5.86. The van der Waals surface area contributed by atoms with Crippen molar-refractivity contribution in [1.29, 1.82) is 0 Å². The molecule has 0 spiro atoms. The van der Waals surface area contributed by atoms with Gasteiger partial charge in [0.2, 0.25) is 10.0 Å². The first-order valence-electron chi connectivity index (χ1n) is 7.34. The van der Waals surface area contributed by atoms with E-state index < -0.39 is 10.0 Å². The summed E-state index contributed by atoms with van der Waals surface area (Å²) < 4.78 is 28.0. The highest BCUT2D eigenvalue weighted by Crippen LogP contribution is 2.27. The Morgan fingerprint density at radius 1 is 1.24 bits per heavy atom. The molecule has 6 heteroatoms. The number of anilines is 1. The highest BCUT2D eigenvalue weighted by Gasteiger charge is 2.25. The molecule has 1 heterocycles. The van der Waals surface area contributed by atoms with E-state index in [2.05, 4.69) is 16.6 Å². The molecule has 0 saturated heterocycles. The Labute approximate surface area is 125 Å². The van der Waals surface area contributed by atoms with Gasteiger partial charge in [-0.3, -0.25) is 0 Å². The van der Waals surface area contributed by atoms with Gasteiger partial charge in [-0.05, 0) is 49.8 Å². The molecule has 0 unspecified atom stereocenters. The maximum Gasteiger partial charge on any atom is 0.242 e. The summed E-state index contributed by atoms with van der Waals surface area (Å²) in [5, 5.41) is 0.681. The second kappa shape index (κ2) is 5.35. The summed E-state index contributed by atoms with van der Waals surface area (Å²) in [6.07, 6.45) is 5.53. The van der Waals surface area contributed by atoms with Crippen LogP contribution in [0.25, 0.3) is 10.9 Å². The van der Waals surface area contributed by atoms with Gasteiger partial charge in [0.05, 0.1) is 0 Å². The largest absolute Gasteiger partial charge is 0.399 e. The molecule has 3 rings (SSSR count). The number of H-pyrrole nitrogens is 1. The minimum absolute atomic E-state index is 0.0462. The fraction of sp³-hybridized carbons (Fsp3) is 0.467. The van der Waals surface area contributed by atoms with E-state index in [1.807, 2.05) is 0 Å². The molecular weight excluding hydrogens is 286 g/mol. The average molecular weight is 307 g/mol. The van der Waals surface area contributed by atoms with Crippen molar-refractivity contribution >= 4 is 26.6 Å². The van der Waals surface area contributed by atoms with E-state index in [0.29, 0.717) is 21.9 Å². The highest BCUT2D eigenvalue weighted by molar-refractivity contribution is 7.89. The Balaban J connectivity index is 1.86. The Morgan fingerprint density at radius 2 is 1.95 bits per heavy atom. The molecule has 1 fully saturated rings. The van der Waals surface area contributed by atoms with Crippen LogP contribution in [0.4, 0.5) is 5.69 Å². The van der Waals surface area contributed by atoms with Crippen LogP contribution in [0.15, 0.2) is 29.3 Å². The zero-order valence-electron chi connectivity index (χ0n) is 12.1. The molecule has 4 N–H and O–H groups in total. The second-order valence-electron chi connectivity index (χ2n) is 6.04. The van der Waals surface area contributed by atoms with Crippen LogP contribution >= 0.6 is 0 Å². The van der Waals surface area contributed by atoms with Gasteiger partial charge in [-0.15, -0.1) is 0 Å². The average Bonchev–Trinajstić information content (AvgIpc) is 2.85. The molecule has 1 saturated carbocycles. The normalized spacial score (nSPS) is 23.5. The van der Waals surface area contributed by atoms with Crippen LogP contribution in [0, 0.1) is 5.92 Å². The van der Waals surface area contributed by atoms with E-state index in [-0.39, 0.29) is 6.04 Å². The van der Waals surface area contributed by atoms with Gasteiger partial charge in [0, 0.05) is 28.8 Å². The van der Waals surface area contributed by atoms with Gasteiger partial charge in [-0.25, -0.2) is 13.1 Å². The van der Waals surface area contributed by atoms with Crippen LogP contribution in [0.2, 0.25) is 0 Å². The van der Waals surface area contributed by atoms with Crippen LogP contribution in [0.3, 0.4) is 0 Å². The quantitative estimate of drug-likeness (QED) is 0.762. The van der Waals surface area contributed by atoms with Crippen molar-refractivity contribution in [3.63, 3.8) is 0 Å². The summed E-state index contributed by atoms with van der Waals surface area (Å²) in [6.45, 7) is 2.22. The minimum Gasteiger partial charge on any atom is -0.399 e. The predicted octanol–water partition coefficient (Wildman–Crippen LogP) is 2.61. The Bertz CT molecular complexity index is 743. The minimum atomic E-state index is -3.50. The number of sulfonamides is 1. The number of nitrogens with one attached hydrogen (secondary N) is 2. The van der Waals surface area contributed by atoms with Crippen molar-refractivity contribution in [1.82, 2.24) is 9.71 Å². The molecular formula is C15H21N3O2S. The zero-order valence-corrected chi connectivity index (χ0v) is 12.9. The van der Waals surface area contributed by atoms with Crippen LogP contribution in [-0.4, -0.2) is 19.4 Å². The molecule has 1 aromatic heterocycles. The number of hydrogen-bond donors (Lipinski definition) is 3. The van der Waals surface area contributed by atoms with E-state index in [9.17, 15) is 8.42 Å². The van der Waals surface area contributed by atoms with Gasteiger partial charge in [0.25, 0.3) is 0 Å². The Kier molecular flexibility index (Phi) is 3.67. The SMILES string of the molecule is CC1CCC(NS(=O)(=O)c2c[nH]c3cc(N)ccc23)CC1. The zero-order chi connectivity index (χ0) is 15.0. The molecule has 0 radical (unpaired) electrons. The fourth-order valence-corrected chi connectivity index (χ4v) is 4.48. The lowest BCUT2D eigenvalue weighted by atomic mass is 9.88. The molecule has 1 aliphatic rings. The molecule has 1 aliphatic carbocycles. The summed E-state index contributed by atoms with van der Waals surface area (Å²) in [6, 6.07) is 5.26. The van der Waals surface area contributed by atoms with Crippen LogP contribution < -0.4 is 10.5 Å². The number of aromatic amines is 1. The number of hydrogen-bond acceptors (Lipinski definition) is 3. The van der Waals surface area contributed by atoms with Gasteiger partial charge < -0.3 is 10.7 Å². The van der Waals surface area contributed by atoms with Gasteiger partial charge >= 0.3 is 0 Å². The van der Waals surface area contributed by atoms with Crippen LogP contribution in [0.1, 0.15) is 32.6 Å². The summed E-state index contributed by atoms with van der Waals surface area (Å²) in [5.41, 5.74) is 7.08. The third kappa shape index (κ3) is 2.91. The second-order valence-corrected chi connectivity index (χ2v) is 7.72. The first-order valence-corrected chi connectivity index (χ1v) is 8.83. The van der Waals surface area contributed by atoms with E-state index >= 15 is 0 Å². The highest BCUT2D eigenvalue weighted by atomic mass is 32.2. The number of fused-ring (bicyclic) bond motifs is 1. The van der Waals surface area contributed by atoms with Gasteiger partial charge in [0.1, 0.15) is 4.90 Å². The molecule has 5 nitrogen and oxygen atoms in total. The summed E-state index contributed by atoms with van der Waals surface area (Å²) in [5.74, 6) is 0.696. The van der Waals surface area contributed by atoms with Crippen molar-refractivity contribution in [3.8, 4) is 0 Å². The molecule has 21 heavy (non-hydrogen) atoms. The molecule has 2 aromatic rings. The maximum atomic E-state index is 12.6. The fourth-order valence-electron chi connectivity index (χ4n) is 3.00. The van der Waals surface area contributed by atoms with Crippen LogP contribution in [-0.2, 0) is 10.0 Å². The number of rotatable bonds is 3. The maximum absolute atomic E-state index is 12.6. The summed E-state index contributed by atoms with van der Waals surface area (Å²) in [4.78, 5) is 3.28. The summed E-state index contributed by atoms with van der Waals surface area (Å²) >= 11 is 0. The first-order chi connectivity index (χ1) is 9.95. The monoisotopic (exact) mass is 307 g/mol. The Hall–Kier alpha value is -1.53.